The average Bonchev–Trinajstić information content (AvgIpc) is 2.91. The lowest BCUT2D eigenvalue weighted by molar-refractivity contribution is -0.143. The SMILES string of the molecule is COCCCNC(=O)[C@@H](c1ccccc1)N(Cc1ccc(OC)cc1)C(=O)COc1ccccc1Cl. The first-order chi connectivity index (χ1) is 17.5. The monoisotopic (exact) mass is 510 g/mol. The number of para-hydroxylation sites is 1. The largest absolute Gasteiger partial charge is 0.497 e. The van der Waals surface area contributed by atoms with Gasteiger partial charge in [-0.2, -0.15) is 0 Å². The van der Waals surface area contributed by atoms with E-state index < -0.39 is 6.04 Å². The van der Waals surface area contributed by atoms with Crippen LogP contribution in [0, 0.1) is 0 Å². The lowest BCUT2D eigenvalue weighted by Gasteiger charge is -2.31. The highest BCUT2D eigenvalue weighted by atomic mass is 35.5. The Bertz CT molecular complexity index is 1110. The van der Waals surface area contributed by atoms with Crippen LogP contribution in [0.2, 0.25) is 5.02 Å². The van der Waals surface area contributed by atoms with Crippen molar-refractivity contribution in [3.05, 3.63) is 95.0 Å². The number of ether oxygens (including phenoxy) is 3. The summed E-state index contributed by atoms with van der Waals surface area (Å²) in [6, 6.07) is 22.7. The molecule has 0 aliphatic carbocycles. The van der Waals surface area contributed by atoms with Gasteiger partial charge in [-0.3, -0.25) is 9.59 Å². The van der Waals surface area contributed by atoms with Crippen LogP contribution in [0.1, 0.15) is 23.6 Å². The van der Waals surface area contributed by atoms with Gasteiger partial charge in [0.15, 0.2) is 6.61 Å². The number of carbonyl (C=O) groups excluding carboxylic acids is 2. The summed E-state index contributed by atoms with van der Waals surface area (Å²) in [5, 5.41) is 3.35. The lowest BCUT2D eigenvalue weighted by atomic mass is 10.0. The first-order valence-electron chi connectivity index (χ1n) is 11.6. The van der Waals surface area contributed by atoms with Crippen LogP contribution in [0.4, 0.5) is 0 Å². The van der Waals surface area contributed by atoms with Gasteiger partial charge in [-0.15, -0.1) is 0 Å². The molecule has 1 N–H and O–H groups in total. The number of benzene rings is 3. The van der Waals surface area contributed by atoms with Gasteiger partial charge in [0, 0.05) is 26.8 Å². The average molecular weight is 511 g/mol. The van der Waals surface area contributed by atoms with Crippen LogP contribution in [-0.4, -0.2) is 50.7 Å². The molecule has 1 atom stereocenters. The summed E-state index contributed by atoms with van der Waals surface area (Å²) in [7, 11) is 3.21. The maximum Gasteiger partial charge on any atom is 0.261 e. The normalized spacial score (nSPS) is 11.4. The van der Waals surface area contributed by atoms with Gasteiger partial charge in [0.2, 0.25) is 5.91 Å². The van der Waals surface area contributed by atoms with Crippen molar-refractivity contribution in [3.8, 4) is 11.5 Å². The van der Waals surface area contributed by atoms with Gasteiger partial charge in [0.05, 0.1) is 12.1 Å². The predicted octanol–water partition coefficient (Wildman–Crippen LogP) is 4.65. The van der Waals surface area contributed by atoms with E-state index in [0.717, 1.165) is 5.56 Å². The molecule has 0 aliphatic rings. The lowest BCUT2D eigenvalue weighted by Crippen LogP contribution is -2.45. The second-order valence-corrected chi connectivity index (χ2v) is 8.45. The fraction of sp³-hybridized carbons (Fsp3) is 0.286. The summed E-state index contributed by atoms with van der Waals surface area (Å²) in [5.74, 6) is 0.468. The second-order valence-electron chi connectivity index (χ2n) is 8.04. The van der Waals surface area contributed by atoms with Crippen LogP contribution in [0.3, 0.4) is 0 Å². The van der Waals surface area contributed by atoms with Gasteiger partial charge in [-0.1, -0.05) is 66.2 Å². The number of nitrogens with zero attached hydrogens (tertiary/aromatic N) is 1. The third-order valence-corrected chi connectivity index (χ3v) is 5.83. The minimum atomic E-state index is -0.863. The standard InChI is InChI=1S/C28H31ClN2O5/c1-34-18-8-17-30-28(33)27(22-9-4-3-5-10-22)31(19-21-13-15-23(35-2)16-14-21)26(32)20-36-25-12-7-6-11-24(25)29/h3-7,9-16,27H,8,17-20H2,1-2H3,(H,30,33)/t27-/m1/s1. The van der Waals surface area contributed by atoms with Crippen molar-refractivity contribution in [2.75, 3.05) is 34.0 Å². The quantitative estimate of drug-likeness (QED) is 0.339. The first-order valence-corrected chi connectivity index (χ1v) is 12.0. The molecular weight excluding hydrogens is 480 g/mol. The van der Waals surface area contributed by atoms with Gasteiger partial charge in [-0.05, 0) is 41.8 Å². The number of methoxy groups -OCH3 is 2. The Labute approximate surface area is 216 Å². The van der Waals surface area contributed by atoms with E-state index in [-0.39, 0.29) is 25.0 Å². The molecule has 2 amide bonds. The molecule has 3 aromatic carbocycles. The summed E-state index contributed by atoms with van der Waals surface area (Å²) in [4.78, 5) is 28.6. The molecule has 8 heteroatoms. The minimum Gasteiger partial charge on any atom is -0.497 e. The zero-order valence-electron chi connectivity index (χ0n) is 20.5. The van der Waals surface area contributed by atoms with E-state index in [1.807, 2.05) is 54.6 Å². The van der Waals surface area contributed by atoms with Crippen molar-refractivity contribution >= 4 is 23.4 Å². The molecule has 0 fully saturated rings. The number of carbonyl (C=O) groups is 2. The molecule has 0 aliphatic heterocycles. The van der Waals surface area contributed by atoms with E-state index >= 15 is 0 Å². The minimum absolute atomic E-state index is 0.194. The fourth-order valence-electron chi connectivity index (χ4n) is 3.67. The maximum absolute atomic E-state index is 13.6. The molecule has 190 valence electrons. The number of hydrogen-bond donors (Lipinski definition) is 1. The molecule has 0 unspecified atom stereocenters. The van der Waals surface area contributed by atoms with Gasteiger partial charge in [0.1, 0.15) is 17.5 Å². The Morgan fingerprint density at radius 1 is 0.944 bits per heavy atom. The molecular formula is C28H31ClN2O5. The van der Waals surface area contributed by atoms with Gasteiger partial charge < -0.3 is 24.4 Å². The number of hydrogen-bond acceptors (Lipinski definition) is 5. The van der Waals surface area contributed by atoms with E-state index in [9.17, 15) is 9.59 Å². The van der Waals surface area contributed by atoms with E-state index in [2.05, 4.69) is 5.32 Å². The second kappa shape index (κ2) is 14.1. The molecule has 3 rings (SSSR count). The van der Waals surface area contributed by atoms with E-state index in [0.29, 0.717) is 41.7 Å². The molecule has 0 saturated carbocycles. The Hall–Kier alpha value is -3.55. The number of halogens is 1. The highest BCUT2D eigenvalue weighted by Gasteiger charge is 2.31. The number of amides is 2. The van der Waals surface area contributed by atoms with Crippen LogP contribution < -0.4 is 14.8 Å². The molecule has 0 radical (unpaired) electrons. The van der Waals surface area contributed by atoms with E-state index in [1.165, 1.54) is 4.90 Å². The van der Waals surface area contributed by atoms with Crippen LogP contribution >= 0.6 is 11.6 Å². The molecule has 7 nitrogen and oxygen atoms in total. The molecule has 0 spiro atoms. The van der Waals surface area contributed by atoms with Crippen molar-refractivity contribution in [1.82, 2.24) is 10.2 Å². The first kappa shape index (κ1) is 27.0. The third kappa shape index (κ3) is 7.73. The van der Waals surface area contributed by atoms with E-state index in [4.69, 9.17) is 25.8 Å². The number of nitrogens with one attached hydrogen (secondary N) is 1. The van der Waals surface area contributed by atoms with Crippen molar-refractivity contribution in [1.29, 1.82) is 0 Å². The van der Waals surface area contributed by atoms with Crippen molar-refractivity contribution in [2.45, 2.75) is 19.0 Å². The highest BCUT2D eigenvalue weighted by Crippen LogP contribution is 2.26. The van der Waals surface area contributed by atoms with Crippen LogP contribution in [-0.2, 0) is 20.9 Å². The summed E-state index contributed by atoms with van der Waals surface area (Å²) < 4.78 is 16.1. The summed E-state index contributed by atoms with van der Waals surface area (Å²) in [6.45, 7) is 0.868. The van der Waals surface area contributed by atoms with Crippen LogP contribution in [0.5, 0.6) is 11.5 Å². The van der Waals surface area contributed by atoms with Crippen LogP contribution in [0.25, 0.3) is 0 Å². The number of rotatable bonds is 13. The third-order valence-electron chi connectivity index (χ3n) is 5.52. The Balaban J connectivity index is 1.90. The summed E-state index contributed by atoms with van der Waals surface area (Å²) >= 11 is 6.20. The van der Waals surface area contributed by atoms with Crippen molar-refractivity contribution in [2.24, 2.45) is 0 Å². The maximum atomic E-state index is 13.6. The predicted molar refractivity (Wildman–Crippen MR) is 139 cm³/mol. The molecule has 36 heavy (non-hydrogen) atoms. The Kier molecular flexibility index (Phi) is 10.6. The van der Waals surface area contributed by atoms with E-state index in [1.54, 1.807) is 38.5 Å². The van der Waals surface area contributed by atoms with Crippen molar-refractivity contribution < 1.29 is 23.8 Å². The van der Waals surface area contributed by atoms with Gasteiger partial charge >= 0.3 is 0 Å². The zero-order valence-corrected chi connectivity index (χ0v) is 21.2. The molecule has 0 saturated heterocycles. The highest BCUT2D eigenvalue weighted by molar-refractivity contribution is 6.32. The van der Waals surface area contributed by atoms with Gasteiger partial charge in [-0.25, -0.2) is 0 Å². The topological polar surface area (TPSA) is 77.1 Å². The fourth-order valence-corrected chi connectivity index (χ4v) is 3.86. The smallest absolute Gasteiger partial charge is 0.261 e. The zero-order chi connectivity index (χ0) is 25.8. The molecule has 0 heterocycles. The molecule has 0 aromatic heterocycles. The van der Waals surface area contributed by atoms with Crippen molar-refractivity contribution in [3.63, 3.8) is 0 Å². The Morgan fingerprint density at radius 2 is 1.64 bits per heavy atom. The van der Waals surface area contributed by atoms with Gasteiger partial charge in [0.25, 0.3) is 5.91 Å². The Morgan fingerprint density at radius 3 is 2.31 bits per heavy atom. The summed E-state index contributed by atoms with van der Waals surface area (Å²) in [6.07, 6.45) is 0.659. The molecule has 3 aromatic rings. The van der Waals surface area contributed by atoms with Crippen LogP contribution in [0.15, 0.2) is 78.9 Å². The molecule has 0 bridgehead atoms. The summed E-state index contributed by atoms with van der Waals surface area (Å²) in [5.41, 5.74) is 1.54.